The van der Waals surface area contributed by atoms with E-state index in [4.69, 9.17) is 0 Å². The predicted octanol–water partition coefficient (Wildman–Crippen LogP) is 4.55. The minimum Gasteiger partial charge on any atom is -0.313 e. The maximum Gasteiger partial charge on any atom is 0.0739 e. The molecule has 5 heteroatoms. The van der Waals surface area contributed by atoms with Gasteiger partial charge in [0.2, 0.25) is 0 Å². The Balaban J connectivity index is 2.13. The fourth-order valence-corrected chi connectivity index (χ4v) is 3.80. The van der Waals surface area contributed by atoms with Crippen LogP contribution >= 0.6 is 27.7 Å². The highest BCUT2D eigenvalue weighted by Gasteiger charge is 2.12. The van der Waals surface area contributed by atoms with E-state index >= 15 is 0 Å². The van der Waals surface area contributed by atoms with Gasteiger partial charge in [0.15, 0.2) is 0 Å². The van der Waals surface area contributed by atoms with Crippen molar-refractivity contribution in [2.45, 2.75) is 44.0 Å². The predicted molar refractivity (Wildman–Crippen MR) is 93.8 cm³/mol. The summed E-state index contributed by atoms with van der Waals surface area (Å²) in [5.74, 6) is 0.923. The zero-order valence-electron chi connectivity index (χ0n) is 13.0. The standard InChI is InChI=1S/C16H22BrN3S/c1-5-20-15(16(17)12(3)19-20)10-21-14-8-6-7-13(9-14)11(2)18-4/h6-9,11,18H,5,10H2,1-4H3. The van der Waals surface area contributed by atoms with E-state index in [1.165, 1.54) is 16.2 Å². The average Bonchev–Trinajstić information content (AvgIpc) is 2.79. The van der Waals surface area contributed by atoms with Crippen LogP contribution in [0, 0.1) is 6.92 Å². The Morgan fingerprint density at radius 2 is 2.19 bits per heavy atom. The first-order chi connectivity index (χ1) is 10.1. The molecule has 2 aromatic rings. The molecule has 1 unspecified atom stereocenters. The molecule has 0 fully saturated rings. The summed E-state index contributed by atoms with van der Waals surface area (Å²) in [6.45, 7) is 7.25. The molecule has 1 N–H and O–H groups in total. The number of nitrogens with zero attached hydrogens (tertiary/aromatic N) is 2. The third-order valence-electron chi connectivity index (χ3n) is 3.62. The second-order valence-corrected chi connectivity index (χ2v) is 6.88. The summed E-state index contributed by atoms with van der Waals surface area (Å²) in [5, 5.41) is 7.83. The van der Waals surface area contributed by atoms with Crippen LogP contribution in [0.5, 0.6) is 0 Å². The lowest BCUT2D eigenvalue weighted by Crippen LogP contribution is -2.12. The molecular weight excluding hydrogens is 346 g/mol. The largest absolute Gasteiger partial charge is 0.313 e. The number of hydrogen-bond donors (Lipinski definition) is 1. The number of nitrogens with one attached hydrogen (secondary N) is 1. The highest BCUT2D eigenvalue weighted by molar-refractivity contribution is 9.10. The molecule has 0 saturated carbocycles. The number of rotatable bonds is 6. The molecule has 0 aliphatic carbocycles. The van der Waals surface area contributed by atoms with Gasteiger partial charge in [-0.1, -0.05) is 12.1 Å². The smallest absolute Gasteiger partial charge is 0.0739 e. The van der Waals surface area contributed by atoms with Crippen molar-refractivity contribution in [3.05, 3.63) is 45.7 Å². The molecule has 0 aliphatic rings. The monoisotopic (exact) mass is 367 g/mol. The Labute approximate surface area is 139 Å². The first-order valence-electron chi connectivity index (χ1n) is 7.18. The third kappa shape index (κ3) is 3.90. The zero-order chi connectivity index (χ0) is 15.4. The molecule has 0 radical (unpaired) electrons. The number of benzene rings is 1. The van der Waals surface area contributed by atoms with Crippen LogP contribution in [0.25, 0.3) is 0 Å². The SMILES string of the molecule is CCn1nc(C)c(Br)c1CSc1cccc(C(C)NC)c1. The van der Waals surface area contributed by atoms with Gasteiger partial charge in [-0.15, -0.1) is 11.8 Å². The van der Waals surface area contributed by atoms with Crippen molar-refractivity contribution in [2.24, 2.45) is 0 Å². The Bertz CT molecular complexity index is 610. The number of aryl methyl sites for hydroxylation is 2. The van der Waals surface area contributed by atoms with Crippen molar-refractivity contribution in [1.29, 1.82) is 0 Å². The van der Waals surface area contributed by atoms with Crippen molar-refractivity contribution >= 4 is 27.7 Å². The van der Waals surface area contributed by atoms with E-state index in [1.54, 1.807) is 0 Å². The summed E-state index contributed by atoms with van der Waals surface area (Å²) in [6, 6.07) is 9.11. The number of thioether (sulfide) groups is 1. The van der Waals surface area contributed by atoms with E-state index in [0.717, 1.165) is 22.5 Å². The molecule has 0 bridgehead atoms. The lowest BCUT2D eigenvalue weighted by atomic mass is 10.1. The van der Waals surface area contributed by atoms with E-state index in [2.05, 4.69) is 69.1 Å². The molecule has 1 heterocycles. The lowest BCUT2D eigenvalue weighted by Gasteiger charge is -2.12. The average molecular weight is 368 g/mol. The Morgan fingerprint density at radius 1 is 1.43 bits per heavy atom. The van der Waals surface area contributed by atoms with E-state index in [-0.39, 0.29) is 0 Å². The fourth-order valence-electron chi connectivity index (χ4n) is 2.20. The molecule has 0 aliphatic heterocycles. The highest BCUT2D eigenvalue weighted by Crippen LogP contribution is 2.30. The Morgan fingerprint density at radius 3 is 2.86 bits per heavy atom. The van der Waals surface area contributed by atoms with Gasteiger partial charge in [0.1, 0.15) is 0 Å². The quantitative estimate of drug-likeness (QED) is 0.759. The Kier molecular flexibility index (Phi) is 5.90. The minimum absolute atomic E-state index is 0.376. The van der Waals surface area contributed by atoms with Crippen molar-refractivity contribution in [1.82, 2.24) is 15.1 Å². The van der Waals surface area contributed by atoms with E-state index in [9.17, 15) is 0 Å². The highest BCUT2D eigenvalue weighted by atomic mass is 79.9. The molecule has 1 atom stereocenters. The molecule has 1 aromatic heterocycles. The van der Waals surface area contributed by atoms with Crippen LogP contribution in [0.1, 0.15) is 36.8 Å². The van der Waals surface area contributed by atoms with Crippen LogP contribution in [-0.4, -0.2) is 16.8 Å². The van der Waals surface area contributed by atoms with Gasteiger partial charge < -0.3 is 5.32 Å². The van der Waals surface area contributed by atoms with Gasteiger partial charge >= 0.3 is 0 Å². The summed E-state index contributed by atoms with van der Waals surface area (Å²) in [6.07, 6.45) is 0. The topological polar surface area (TPSA) is 29.9 Å². The molecule has 21 heavy (non-hydrogen) atoms. The second kappa shape index (κ2) is 7.47. The molecule has 0 spiro atoms. The summed E-state index contributed by atoms with van der Waals surface area (Å²) in [4.78, 5) is 1.29. The van der Waals surface area contributed by atoms with Gasteiger partial charge in [-0.2, -0.15) is 5.10 Å². The van der Waals surface area contributed by atoms with Crippen LogP contribution in [0.4, 0.5) is 0 Å². The van der Waals surface area contributed by atoms with Gasteiger partial charge in [0, 0.05) is 23.2 Å². The van der Waals surface area contributed by atoms with E-state index in [1.807, 2.05) is 25.7 Å². The van der Waals surface area contributed by atoms with E-state index in [0.29, 0.717) is 6.04 Å². The summed E-state index contributed by atoms with van der Waals surface area (Å²) in [5.41, 5.74) is 3.64. The number of hydrogen-bond acceptors (Lipinski definition) is 3. The number of halogens is 1. The van der Waals surface area contributed by atoms with Gasteiger partial charge in [-0.3, -0.25) is 4.68 Å². The van der Waals surface area contributed by atoms with Crippen molar-refractivity contribution in [3.63, 3.8) is 0 Å². The summed E-state index contributed by atoms with van der Waals surface area (Å²) in [7, 11) is 1.99. The van der Waals surface area contributed by atoms with Crippen LogP contribution < -0.4 is 5.32 Å². The summed E-state index contributed by atoms with van der Waals surface area (Å²) < 4.78 is 3.21. The molecule has 114 valence electrons. The minimum atomic E-state index is 0.376. The van der Waals surface area contributed by atoms with Crippen LogP contribution in [0.3, 0.4) is 0 Å². The normalized spacial score (nSPS) is 12.6. The van der Waals surface area contributed by atoms with Gasteiger partial charge in [-0.05, 0) is 61.4 Å². The molecular formula is C16H22BrN3S. The van der Waals surface area contributed by atoms with Gasteiger partial charge in [-0.25, -0.2) is 0 Å². The van der Waals surface area contributed by atoms with Gasteiger partial charge in [0.25, 0.3) is 0 Å². The third-order valence-corrected chi connectivity index (χ3v) is 5.66. The maximum atomic E-state index is 4.55. The molecule has 2 rings (SSSR count). The van der Waals surface area contributed by atoms with Crippen LogP contribution in [0.2, 0.25) is 0 Å². The lowest BCUT2D eigenvalue weighted by molar-refractivity contribution is 0.631. The van der Waals surface area contributed by atoms with Crippen LogP contribution in [-0.2, 0) is 12.3 Å². The first-order valence-corrected chi connectivity index (χ1v) is 8.96. The van der Waals surface area contributed by atoms with Crippen molar-refractivity contribution < 1.29 is 0 Å². The molecule has 3 nitrogen and oxygen atoms in total. The zero-order valence-corrected chi connectivity index (χ0v) is 15.4. The number of aromatic nitrogens is 2. The van der Waals surface area contributed by atoms with E-state index < -0.39 is 0 Å². The fraction of sp³-hybridized carbons (Fsp3) is 0.438. The molecule has 1 aromatic carbocycles. The van der Waals surface area contributed by atoms with Crippen molar-refractivity contribution in [2.75, 3.05) is 7.05 Å². The maximum absolute atomic E-state index is 4.55. The first kappa shape index (κ1) is 16.6. The van der Waals surface area contributed by atoms with Crippen LogP contribution in [0.15, 0.2) is 33.6 Å². The second-order valence-electron chi connectivity index (χ2n) is 5.03. The summed E-state index contributed by atoms with van der Waals surface area (Å²) >= 11 is 5.51. The molecule has 0 saturated heterocycles. The Hall–Kier alpha value is -0.780. The van der Waals surface area contributed by atoms with Gasteiger partial charge in [0.05, 0.1) is 15.9 Å². The molecule has 0 amide bonds. The van der Waals surface area contributed by atoms with Crippen molar-refractivity contribution in [3.8, 4) is 0 Å².